The molecule has 0 saturated heterocycles. The fourth-order valence-electron chi connectivity index (χ4n) is 3.72. The number of carbonyl (C=O) groups excluding carboxylic acids is 1. The van der Waals surface area contributed by atoms with Gasteiger partial charge in [-0.2, -0.15) is 5.10 Å². The first kappa shape index (κ1) is 22.4. The van der Waals surface area contributed by atoms with Crippen LogP contribution in [0.1, 0.15) is 35.6 Å². The lowest BCUT2D eigenvalue weighted by molar-refractivity contribution is -0.118. The Bertz CT molecular complexity index is 1180. The first-order valence-corrected chi connectivity index (χ1v) is 11.1. The van der Waals surface area contributed by atoms with Crippen molar-refractivity contribution in [1.82, 2.24) is 20.1 Å². The molecule has 6 nitrogen and oxygen atoms in total. The topological polar surface area (TPSA) is 71.8 Å². The summed E-state index contributed by atoms with van der Waals surface area (Å²) >= 11 is 0. The van der Waals surface area contributed by atoms with Crippen LogP contribution in [0.5, 0.6) is 0 Å². The third kappa shape index (κ3) is 5.73. The van der Waals surface area contributed by atoms with Crippen molar-refractivity contribution >= 4 is 11.7 Å². The quantitative estimate of drug-likeness (QED) is 0.411. The van der Waals surface area contributed by atoms with E-state index in [4.69, 9.17) is 0 Å². The third-order valence-electron chi connectivity index (χ3n) is 5.72. The summed E-state index contributed by atoms with van der Waals surface area (Å²) in [7, 11) is 1.88. The maximum atomic E-state index is 13.2. The second-order valence-corrected chi connectivity index (χ2v) is 8.39. The van der Waals surface area contributed by atoms with E-state index in [2.05, 4.69) is 58.8 Å². The van der Waals surface area contributed by atoms with Crippen molar-refractivity contribution in [3.63, 3.8) is 0 Å². The molecule has 1 amide bonds. The zero-order valence-electron chi connectivity index (χ0n) is 19.2. The summed E-state index contributed by atoms with van der Waals surface area (Å²) in [5, 5.41) is 10.6. The van der Waals surface area contributed by atoms with Crippen LogP contribution >= 0.6 is 0 Å². The number of aryl methyl sites for hydroxylation is 2. The van der Waals surface area contributed by atoms with Crippen molar-refractivity contribution in [2.45, 2.75) is 25.8 Å². The molecule has 0 fully saturated rings. The predicted molar refractivity (Wildman–Crippen MR) is 132 cm³/mol. The third-order valence-corrected chi connectivity index (χ3v) is 5.72. The second kappa shape index (κ2) is 10.2. The average molecular weight is 440 g/mol. The van der Waals surface area contributed by atoms with Crippen molar-refractivity contribution < 1.29 is 4.79 Å². The largest absolute Gasteiger partial charge is 0.309 e. The maximum Gasteiger partial charge on any atom is 0.247 e. The minimum Gasteiger partial charge on any atom is -0.309 e. The van der Waals surface area contributed by atoms with Gasteiger partial charge < -0.3 is 10.6 Å². The van der Waals surface area contributed by atoms with E-state index in [0.717, 1.165) is 16.7 Å². The molecule has 0 radical (unpaired) electrons. The fourth-order valence-corrected chi connectivity index (χ4v) is 3.72. The van der Waals surface area contributed by atoms with E-state index < -0.39 is 6.04 Å². The summed E-state index contributed by atoms with van der Waals surface area (Å²) < 4.78 is 1.75. The number of aromatic nitrogens is 3. The Kier molecular flexibility index (Phi) is 6.95. The van der Waals surface area contributed by atoms with Crippen LogP contribution < -0.4 is 10.6 Å². The molecule has 2 aromatic carbocycles. The van der Waals surface area contributed by atoms with Crippen LogP contribution in [0.2, 0.25) is 0 Å². The first-order valence-electron chi connectivity index (χ1n) is 11.1. The predicted octanol–water partition coefficient (Wildman–Crippen LogP) is 4.86. The summed E-state index contributed by atoms with van der Waals surface area (Å²) in [5.74, 6) is 0.641. The lowest BCUT2D eigenvalue weighted by Crippen LogP contribution is -2.35. The van der Waals surface area contributed by atoms with Crippen LogP contribution in [-0.2, 0) is 11.8 Å². The number of pyridine rings is 1. The highest BCUT2D eigenvalue weighted by Gasteiger charge is 2.21. The Morgan fingerprint density at radius 2 is 1.70 bits per heavy atom. The molecule has 0 spiro atoms. The second-order valence-electron chi connectivity index (χ2n) is 8.39. The van der Waals surface area contributed by atoms with E-state index in [1.54, 1.807) is 17.1 Å². The lowest BCUT2D eigenvalue weighted by Gasteiger charge is -2.21. The van der Waals surface area contributed by atoms with Gasteiger partial charge in [-0.05, 0) is 36.1 Å². The summed E-state index contributed by atoms with van der Waals surface area (Å²) in [5.41, 5.74) is 5.33. The normalized spacial score (nSPS) is 12.8. The first-order chi connectivity index (χ1) is 16.0. The summed E-state index contributed by atoms with van der Waals surface area (Å²) in [6.45, 7) is 4.92. The Labute approximate surface area is 194 Å². The van der Waals surface area contributed by atoms with E-state index in [9.17, 15) is 4.79 Å². The van der Waals surface area contributed by atoms with E-state index >= 15 is 0 Å². The van der Waals surface area contributed by atoms with Gasteiger partial charge in [0, 0.05) is 37.1 Å². The van der Waals surface area contributed by atoms with Gasteiger partial charge in [0.25, 0.3) is 0 Å². The van der Waals surface area contributed by atoms with Gasteiger partial charge in [-0.25, -0.2) is 4.98 Å². The molecule has 2 N–H and O–H groups in total. The maximum absolute atomic E-state index is 13.2. The zero-order chi connectivity index (χ0) is 23.2. The van der Waals surface area contributed by atoms with Crippen LogP contribution in [-0.4, -0.2) is 27.2 Å². The van der Waals surface area contributed by atoms with Gasteiger partial charge in [0.2, 0.25) is 5.91 Å². The zero-order valence-corrected chi connectivity index (χ0v) is 19.2. The molecular formula is C27H29N5O. The van der Waals surface area contributed by atoms with Crippen molar-refractivity contribution in [1.29, 1.82) is 0 Å². The van der Waals surface area contributed by atoms with Gasteiger partial charge in [-0.1, -0.05) is 67.1 Å². The molecule has 0 unspecified atom stereocenters. The summed E-state index contributed by atoms with van der Waals surface area (Å²) in [4.78, 5) is 17.7. The molecule has 0 bridgehead atoms. The average Bonchev–Trinajstić information content (AvgIpc) is 3.27. The standard InChI is InChI=1S/C27H29N5O/c1-19-9-11-21(12-10-19)20(2)15-29-26(22-7-5-4-6-8-22)27(33)31-25-14-13-23(16-28-25)24-17-30-32(3)18-24/h4-14,16-18,20,26,29H,15H2,1-3H3,(H,28,31,33)/t20-,26+/m0/s1. The number of nitrogens with zero attached hydrogens (tertiary/aromatic N) is 3. The molecule has 0 aliphatic rings. The number of nitrogens with one attached hydrogen (secondary N) is 2. The minimum absolute atomic E-state index is 0.140. The number of amides is 1. The van der Waals surface area contributed by atoms with Gasteiger partial charge in [0.05, 0.1) is 6.20 Å². The van der Waals surface area contributed by atoms with E-state index in [0.29, 0.717) is 12.4 Å². The Hall–Kier alpha value is -3.77. The number of anilines is 1. The van der Waals surface area contributed by atoms with E-state index in [-0.39, 0.29) is 11.8 Å². The molecule has 0 saturated carbocycles. The Balaban J connectivity index is 1.46. The van der Waals surface area contributed by atoms with Crippen molar-refractivity contribution in [3.8, 4) is 11.1 Å². The van der Waals surface area contributed by atoms with Crippen LogP contribution in [0.3, 0.4) is 0 Å². The molecule has 4 rings (SSSR count). The Morgan fingerprint density at radius 3 is 2.33 bits per heavy atom. The molecule has 168 valence electrons. The number of carbonyl (C=O) groups is 1. The van der Waals surface area contributed by atoms with Crippen LogP contribution in [0.15, 0.2) is 85.3 Å². The SMILES string of the molecule is Cc1ccc([C@@H](C)CN[C@@H](C(=O)Nc2ccc(-c3cnn(C)c3)cn2)c2ccccc2)cc1. The van der Waals surface area contributed by atoms with Crippen molar-refractivity contribution in [3.05, 3.63) is 102 Å². The molecule has 4 aromatic rings. The molecule has 2 heterocycles. The van der Waals surface area contributed by atoms with Gasteiger partial charge in [0.15, 0.2) is 0 Å². The molecule has 2 atom stereocenters. The van der Waals surface area contributed by atoms with E-state index in [1.807, 2.05) is 55.7 Å². The van der Waals surface area contributed by atoms with Gasteiger partial charge >= 0.3 is 0 Å². The monoisotopic (exact) mass is 439 g/mol. The molecule has 0 aliphatic carbocycles. The smallest absolute Gasteiger partial charge is 0.247 e. The van der Waals surface area contributed by atoms with Crippen LogP contribution in [0.4, 0.5) is 5.82 Å². The van der Waals surface area contributed by atoms with Gasteiger partial charge in [-0.15, -0.1) is 0 Å². The number of hydrogen-bond donors (Lipinski definition) is 2. The molecule has 2 aromatic heterocycles. The van der Waals surface area contributed by atoms with E-state index in [1.165, 1.54) is 11.1 Å². The fraction of sp³-hybridized carbons (Fsp3) is 0.222. The highest BCUT2D eigenvalue weighted by molar-refractivity contribution is 5.95. The minimum atomic E-state index is -0.487. The van der Waals surface area contributed by atoms with Crippen LogP contribution in [0, 0.1) is 6.92 Å². The summed E-state index contributed by atoms with van der Waals surface area (Å²) in [6, 6.07) is 21.6. The molecule has 0 aliphatic heterocycles. The lowest BCUT2D eigenvalue weighted by atomic mass is 9.98. The van der Waals surface area contributed by atoms with Gasteiger partial charge in [-0.3, -0.25) is 9.48 Å². The highest BCUT2D eigenvalue weighted by Crippen LogP contribution is 2.21. The molecule has 6 heteroatoms. The Morgan fingerprint density at radius 1 is 0.939 bits per heavy atom. The molecular weight excluding hydrogens is 410 g/mol. The molecule has 33 heavy (non-hydrogen) atoms. The van der Waals surface area contributed by atoms with Gasteiger partial charge in [0.1, 0.15) is 11.9 Å². The van der Waals surface area contributed by atoms with Crippen LogP contribution in [0.25, 0.3) is 11.1 Å². The number of benzene rings is 2. The number of hydrogen-bond acceptors (Lipinski definition) is 4. The van der Waals surface area contributed by atoms with Crippen molar-refractivity contribution in [2.24, 2.45) is 7.05 Å². The summed E-state index contributed by atoms with van der Waals surface area (Å²) in [6.07, 6.45) is 5.47. The van der Waals surface area contributed by atoms with Crippen molar-refractivity contribution in [2.75, 3.05) is 11.9 Å². The number of rotatable bonds is 8. The highest BCUT2D eigenvalue weighted by atomic mass is 16.2.